The summed E-state index contributed by atoms with van der Waals surface area (Å²) >= 11 is 1.43. The van der Waals surface area contributed by atoms with Crippen LogP contribution >= 0.6 is 11.3 Å². The molecule has 0 saturated heterocycles. The quantitative estimate of drug-likeness (QED) is 0.467. The molecule has 5 rings (SSSR count). The van der Waals surface area contributed by atoms with Gasteiger partial charge in [0, 0.05) is 18.0 Å². The van der Waals surface area contributed by atoms with Gasteiger partial charge in [-0.25, -0.2) is 4.68 Å². The van der Waals surface area contributed by atoms with E-state index in [-0.39, 0.29) is 30.5 Å². The number of aryl methyl sites for hydroxylation is 1. The van der Waals surface area contributed by atoms with Crippen molar-refractivity contribution in [3.8, 4) is 10.4 Å². The molecule has 7 nitrogen and oxygen atoms in total. The second kappa shape index (κ2) is 7.31. The molecule has 0 radical (unpaired) electrons. The smallest absolute Gasteiger partial charge is 0.274 e. The van der Waals surface area contributed by atoms with Gasteiger partial charge in [-0.2, -0.15) is 0 Å². The molecule has 0 fully saturated rings. The Hall–Kier alpha value is -3.65. The Morgan fingerprint density at radius 1 is 0.833 bits per heavy atom. The second-order valence-corrected chi connectivity index (χ2v) is 8.00. The fourth-order valence-electron chi connectivity index (χ4n) is 3.59. The van der Waals surface area contributed by atoms with E-state index in [2.05, 4.69) is 10.3 Å². The Morgan fingerprint density at radius 3 is 2.20 bits per heavy atom. The molecule has 8 heteroatoms. The lowest BCUT2D eigenvalue weighted by Crippen LogP contribution is -2.32. The molecule has 0 aliphatic carbocycles. The van der Waals surface area contributed by atoms with Gasteiger partial charge in [0.25, 0.3) is 17.4 Å². The highest BCUT2D eigenvalue weighted by molar-refractivity contribution is 7.21. The molecule has 148 valence electrons. The van der Waals surface area contributed by atoms with Gasteiger partial charge < -0.3 is 0 Å². The van der Waals surface area contributed by atoms with E-state index in [1.165, 1.54) is 20.9 Å². The van der Waals surface area contributed by atoms with Crippen LogP contribution in [0.3, 0.4) is 0 Å². The van der Waals surface area contributed by atoms with Crippen molar-refractivity contribution < 1.29 is 9.59 Å². The first-order valence-electron chi connectivity index (χ1n) is 9.51. The zero-order valence-electron chi connectivity index (χ0n) is 15.8. The Labute approximate surface area is 175 Å². The van der Waals surface area contributed by atoms with Gasteiger partial charge in [-0.3, -0.25) is 19.3 Å². The second-order valence-electron chi connectivity index (χ2n) is 6.97. The molecule has 0 N–H and O–H groups in total. The van der Waals surface area contributed by atoms with Crippen molar-refractivity contribution in [1.82, 2.24) is 19.9 Å². The zero-order valence-corrected chi connectivity index (χ0v) is 16.6. The molecule has 0 spiro atoms. The Bertz CT molecular complexity index is 1310. The number of aromatic nitrogens is 3. The first kappa shape index (κ1) is 18.4. The molecule has 0 unspecified atom stereocenters. The highest BCUT2D eigenvalue weighted by atomic mass is 32.1. The number of hydrogen-bond acceptors (Lipinski definition) is 6. The maximum absolute atomic E-state index is 12.8. The minimum absolute atomic E-state index is 0.220. The van der Waals surface area contributed by atoms with Crippen LogP contribution in [0.1, 0.15) is 27.1 Å². The van der Waals surface area contributed by atoms with Gasteiger partial charge >= 0.3 is 0 Å². The summed E-state index contributed by atoms with van der Waals surface area (Å²) in [5.74, 6) is -0.593. The van der Waals surface area contributed by atoms with Crippen LogP contribution in [-0.4, -0.2) is 38.3 Å². The van der Waals surface area contributed by atoms with E-state index >= 15 is 0 Å². The van der Waals surface area contributed by atoms with Gasteiger partial charge in [-0.1, -0.05) is 47.7 Å². The summed E-state index contributed by atoms with van der Waals surface area (Å²) in [6.45, 7) is 0.489. The van der Waals surface area contributed by atoms with Gasteiger partial charge in [0.05, 0.1) is 16.5 Å². The van der Waals surface area contributed by atoms with Crippen LogP contribution in [0.2, 0.25) is 0 Å². The minimum Gasteiger partial charge on any atom is -0.274 e. The third kappa shape index (κ3) is 3.02. The highest BCUT2D eigenvalue weighted by Gasteiger charge is 2.34. The van der Waals surface area contributed by atoms with E-state index in [0.717, 1.165) is 10.4 Å². The minimum atomic E-state index is -0.296. The molecule has 4 aromatic rings. The van der Waals surface area contributed by atoms with E-state index in [0.29, 0.717) is 27.8 Å². The van der Waals surface area contributed by atoms with Crippen LogP contribution in [0, 0.1) is 0 Å². The summed E-state index contributed by atoms with van der Waals surface area (Å²) < 4.78 is 1.29. The van der Waals surface area contributed by atoms with Crippen molar-refractivity contribution in [3.63, 3.8) is 0 Å². The molecular formula is C22H16N4O3S. The lowest BCUT2D eigenvalue weighted by Gasteiger charge is -2.13. The lowest BCUT2D eigenvalue weighted by atomic mass is 10.1. The standard InChI is InChI=1S/C22H16N4O3S/c27-20-15-9-4-5-10-16(15)21(28)25(20)11-6-12-26-22(29)17-13-18(30-19(17)23-24-26)14-7-2-1-3-8-14/h1-5,7-10,13H,6,11-12H2. The Balaban J connectivity index is 1.33. The van der Waals surface area contributed by atoms with E-state index in [9.17, 15) is 14.4 Å². The summed E-state index contributed by atoms with van der Waals surface area (Å²) in [6, 6.07) is 18.4. The summed E-state index contributed by atoms with van der Waals surface area (Å²) in [7, 11) is 0. The number of fused-ring (bicyclic) bond motifs is 2. The SMILES string of the molecule is O=C1c2ccccc2C(=O)N1CCCn1nnc2sc(-c3ccccc3)cc2c1=O. The van der Waals surface area contributed by atoms with Gasteiger partial charge in [-0.05, 0) is 30.2 Å². The van der Waals surface area contributed by atoms with Gasteiger partial charge in [0.1, 0.15) is 0 Å². The maximum atomic E-state index is 12.8. The number of thiophene rings is 1. The summed E-state index contributed by atoms with van der Waals surface area (Å²) in [4.78, 5) is 40.5. The number of amides is 2. The van der Waals surface area contributed by atoms with Gasteiger partial charge in [-0.15, -0.1) is 16.4 Å². The first-order chi connectivity index (χ1) is 14.6. The predicted molar refractivity (Wildman–Crippen MR) is 114 cm³/mol. The molecule has 1 aliphatic rings. The van der Waals surface area contributed by atoms with Crippen LogP contribution < -0.4 is 5.56 Å². The molecule has 3 heterocycles. The third-order valence-electron chi connectivity index (χ3n) is 5.11. The molecule has 2 amide bonds. The fourth-order valence-corrected chi connectivity index (χ4v) is 4.57. The highest BCUT2D eigenvalue weighted by Crippen LogP contribution is 2.30. The number of carbonyl (C=O) groups is 2. The monoisotopic (exact) mass is 416 g/mol. The van der Waals surface area contributed by atoms with Crippen molar-refractivity contribution in [3.05, 3.63) is 82.1 Å². The molecular weight excluding hydrogens is 400 g/mol. The van der Waals surface area contributed by atoms with Crippen LogP contribution in [0.4, 0.5) is 0 Å². The van der Waals surface area contributed by atoms with Crippen LogP contribution in [0.25, 0.3) is 20.7 Å². The summed E-state index contributed by atoms with van der Waals surface area (Å²) in [5.41, 5.74) is 1.65. The number of imide groups is 1. The lowest BCUT2D eigenvalue weighted by molar-refractivity contribution is 0.0650. The van der Waals surface area contributed by atoms with Crippen molar-refractivity contribution in [1.29, 1.82) is 0 Å². The maximum Gasteiger partial charge on any atom is 0.278 e. The molecule has 0 atom stereocenters. The van der Waals surface area contributed by atoms with Crippen LogP contribution in [-0.2, 0) is 6.54 Å². The first-order valence-corrected chi connectivity index (χ1v) is 10.3. The third-order valence-corrected chi connectivity index (χ3v) is 6.18. The van der Waals surface area contributed by atoms with Crippen LogP contribution in [0.5, 0.6) is 0 Å². The van der Waals surface area contributed by atoms with E-state index < -0.39 is 0 Å². The fraction of sp³-hybridized carbons (Fsp3) is 0.136. The summed E-state index contributed by atoms with van der Waals surface area (Å²) in [5, 5.41) is 8.74. The van der Waals surface area contributed by atoms with Crippen LogP contribution in [0.15, 0.2) is 65.5 Å². The molecule has 30 heavy (non-hydrogen) atoms. The van der Waals surface area contributed by atoms with Crippen molar-refractivity contribution in [2.45, 2.75) is 13.0 Å². The molecule has 2 aromatic carbocycles. The number of rotatable bonds is 5. The van der Waals surface area contributed by atoms with Crippen molar-refractivity contribution >= 4 is 33.4 Å². The average molecular weight is 416 g/mol. The number of benzene rings is 2. The topological polar surface area (TPSA) is 85.2 Å². The Morgan fingerprint density at radius 2 is 1.50 bits per heavy atom. The average Bonchev–Trinajstić information content (AvgIpc) is 3.32. The Kier molecular flexibility index (Phi) is 4.48. The number of nitrogens with zero attached hydrogens (tertiary/aromatic N) is 4. The van der Waals surface area contributed by atoms with Gasteiger partial charge in [0.2, 0.25) is 0 Å². The largest absolute Gasteiger partial charge is 0.278 e. The predicted octanol–water partition coefficient (Wildman–Crippen LogP) is 3.21. The molecule has 0 bridgehead atoms. The van der Waals surface area contributed by atoms with E-state index in [1.54, 1.807) is 24.3 Å². The van der Waals surface area contributed by atoms with Crippen molar-refractivity contribution in [2.24, 2.45) is 0 Å². The van der Waals surface area contributed by atoms with Crippen molar-refractivity contribution in [2.75, 3.05) is 6.54 Å². The van der Waals surface area contributed by atoms with Gasteiger partial charge in [0.15, 0.2) is 4.83 Å². The zero-order chi connectivity index (χ0) is 20.7. The summed E-state index contributed by atoms with van der Waals surface area (Å²) in [6.07, 6.45) is 0.418. The normalized spacial score (nSPS) is 13.3. The molecule has 0 saturated carbocycles. The molecule has 2 aromatic heterocycles. The number of carbonyl (C=O) groups excluding carboxylic acids is 2. The van der Waals surface area contributed by atoms with E-state index in [4.69, 9.17) is 0 Å². The van der Waals surface area contributed by atoms with E-state index in [1.807, 2.05) is 36.4 Å². The molecule has 1 aliphatic heterocycles. The number of hydrogen-bond donors (Lipinski definition) is 0.